The van der Waals surface area contributed by atoms with Crippen molar-refractivity contribution in [3.8, 4) is 11.5 Å². The third kappa shape index (κ3) is 6.77. The lowest BCUT2D eigenvalue weighted by atomic mass is 10.2. The van der Waals surface area contributed by atoms with Crippen LogP contribution in [-0.2, 0) is 9.59 Å². The van der Waals surface area contributed by atoms with E-state index < -0.39 is 17.6 Å². The lowest BCUT2D eigenvalue weighted by Gasteiger charge is -2.07. The average molecular weight is 373 g/mol. The zero-order chi connectivity index (χ0) is 19.6. The summed E-state index contributed by atoms with van der Waals surface area (Å²) in [7, 11) is 1.56. The van der Waals surface area contributed by atoms with Gasteiger partial charge in [0.1, 0.15) is 17.3 Å². The number of carbonyl (C=O) groups is 2. The van der Waals surface area contributed by atoms with Crippen LogP contribution < -0.4 is 20.2 Å². The largest absolute Gasteiger partial charge is 0.497 e. The van der Waals surface area contributed by atoms with E-state index in [0.29, 0.717) is 17.2 Å². The number of rotatable bonds is 8. The van der Waals surface area contributed by atoms with Crippen LogP contribution in [0.15, 0.2) is 53.6 Å². The van der Waals surface area contributed by atoms with Gasteiger partial charge >= 0.3 is 0 Å². The molecular weight excluding hydrogens is 353 g/mol. The Bertz CT molecular complexity index is 822. The van der Waals surface area contributed by atoms with Crippen LogP contribution in [0.5, 0.6) is 11.5 Å². The van der Waals surface area contributed by atoms with E-state index in [4.69, 9.17) is 9.47 Å². The molecule has 2 rings (SSSR count). The van der Waals surface area contributed by atoms with Crippen LogP contribution in [-0.4, -0.2) is 31.2 Å². The third-order valence-electron chi connectivity index (χ3n) is 3.37. The summed E-state index contributed by atoms with van der Waals surface area (Å²) in [6, 6.07) is 12.6. The van der Waals surface area contributed by atoms with Crippen LogP contribution in [0.3, 0.4) is 0 Å². The molecule has 0 atom stereocenters. The first-order valence-electron chi connectivity index (χ1n) is 8.11. The Balaban J connectivity index is 1.75. The Kier molecular flexibility index (Phi) is 7.30. The summed E-state index contributed by atoms with van der Waals surface area (Å²) < 4.78 is 23.8. The normalized spacial score (nSPS) is 10.9. The van der Waals surface area contributed by atoms with Crippen LogP contribution in [0.25, 0.3) is 0 Å². The van der Waals surface area contributed by atoms with Crippen LogP contribution in [0.1, 0.15) is 13.3 Å². The Morgan fingerprint density at radius 3 is 2.37 bits per heavy atom. The van der Waals surface area contributed by atoms with Crippen molar-refractivity contribution in [2.45, 2.75) is 13.3 Å². The zero-order valence-electron chi connectivity index (χ0n) is 15.0. The van der Waals surface area contributed by atoms with E-state index in [1.165, 1.54) is 18.2 Å². The number of hydrazone groups is 1. The number of amides is 2. The topological polar surface area (TPSA) is 89.0 Å². The highest BCUT2D eigenvalue weighted by Crippen LogP contribution is 2.16. The van der Waals surface area contributed by atoms with Crippen LogP contribution in [0.4, 0.5) is 10.1 Å². The fraction of sp³-hybridized carbons (Fsp3) is 0.211. The second-order valence-corrected chi connectivity index (χ2v) is 5.55. The molecule has 0 saturated heterocycles. The van der Waals surface area contributed by atoms with Crippen molar-refractivity contribution in [2.24, 2.45) is 5.10 Å². The minimum Gasteiger partial charge on any atom is -0.497 e. The number of halogens is 1. The molecule has 2 N–H and O–H groups in total. The van der Waals surface area contributed by atoms with Crippen molar-refractivity contribution in [3.05, 3.63) is 54.3 Å². The molecule has 2 amide bonds. The van der Waals surface area contributed by atoms with E-state index in [-0.39, 0.29) is 18.7 Å². The molecule has 0 saturated carbocycles. The first-order chi connectivity index (χ1) is 13.0. The molecule has 27 heavy (non-hydrogen) atoms. The molecule has 0 bridgehead atoms. The van der Waals surface area contributed by atoms with E-state index in [1.807, 2.05) is 0 Å². The molecule has 142 valence electrons. The van der Waals surface area contributed by atoms with Crippen molar-refractivity contribution in [1.82, 2.24) is 5.43 Å². The molecular formula is C19H20FN3O4. The molecule has 0 fully saturated rings. The Morgan fingerprint density at radius 2 is 1.70 bits per heavy atom. The van der Waals surface area contributed by atoms with Gasteiger partial charge in [0.05, 0.1) is 19.2 Å². The predicted octanol–water partition coefficient (Wildman–Crippen LogP) is 2.73. The van der Waals surface area contributed by atoms with E-state index in [2.05, 4.69) is 15.8 Å². The van der Waals surface area contributed by atoms with Gasteiger partial charge in [-0.05, 0) is 43.3 Å². The second-order valence-electron chi connectivity index (χ2n) is 5.55. The van der Waals surface area contributed by atoms with Gasteiger partial charge in [0.25, 0.3) is 5.91 Å². The third-order valence-corrected chi connectivity index (χ3v) is 3.37. The van der Waals surface area contributed by atoms with Gasteiger partial charge in [0.2, 0.25) is 5.91 Å². The number of ether oxygens (including phenoxy) is 2. The highest BCUT2D eigenvalue weighted by atomic mass is 19.1. The number of para-hydroxylation sites is 1. The van der Waals surface area contributed by atoms with Crippen molar-refractivity contribution in [2.75, 3.05) is 19.0 Å². The lowest BCUT2D eigenvalue weighted by molar-refractivity contribution is -0.123. The Labute approximate surface area is 156 Å². The van der Waals surface area contributed by atoms with E-state index in [0.717, 1.165) is 0 Å². The van der Waals surface area contributed by atoms with E-state index >= 15 is 0 Å². The molecule has 7 nitrogen and oxygen atoms in total. The summed E-state index contributed by atoms with van der Waals surface area (Å²) >= 11 is 0. The smallest absolute Gasteiger partial charge is 0.277 e. The van der Waals surface area contributed by atoms with Gasteiger partial charge < -0.3 is 14.8 Å². The number of benzene rings is 2. The first-order valence-corrected chi connectivity index (χ1v) is 8.11. The molecule has 0 aliphatic rings. The molecule has 0 unspecified atom stereocenters. The van der Waals surface area contributed by atoms with Gasteiger partial charge in [-0.15, -0.1) is 0 Å². The molecule has 0 heterocycles. The SMILES string of the molecule is COc1ccc(OCC(=O)N/N=C(\C)CC(=O)Nc2ccccc2F)cc1. The number of nitrogens with one attached hydrogen (secondary N) is 2. The Hall–Kier alpha value is -3.42. The van der Waals surface area contributed by atoms with Gasteiger partial charge in [0.15, 0.2) is 6.61 Å². The van der Waals surface area contributed by atoms with Gasteiger partial charge in [0, 0.05) is 5.71 Å². The summed E-state index contributed by atoms with van der Waals surface area (Å²) in [6.45, 7) is 1.34. The molecule has 2 aromatic carbocycles. The standard InChI is InChI=1S/C19H20FN3O4/c1-13(11-18(24)21-17-6-4-3-5-16(17)20)22-23-19(25)12-27-15-9-7-14(26-2)8-10-15/h3-10H,11-12H2,1-2H3,(H,21,24)(H,23,25)/b22-13+. The summed E-state index contributed by atoms with van der Waals surface area (Å²) in [5.41, 5.74) is 2.75. The number of hydrogen-bond donors (Lipinski definition) is 2. The van der Waals surface area contributed by atoms with Gasteiger partial charge in [-0.25, -0.2) is 9.82 Å². The number of carbonyl (C=O) groups excluding carboxylic acids is 2. The predicted molar refractivity (Wildman–Crippen MR) is 99.4 cm³/mol. The molecule has 0 aliphatic carbocycles. The highest BCUT2D eigenvalue weighted by Gasteiger charge is 2.08. The monoisotopic (exact) mass is 373 g/mol. The van der Waals surface area contributed by atoms with Crippen molar-refractivity contribution in [3.63, 3.8) is 0 Å². The highest BCUT2D eigenvalue weighted by molar-refractivity contribution is 6.05. The van der Waals surface area contributed by atoms with Crippen molar-refractivity contribution >= 4 is 23.2 Å². The van der Waals surface area contributed by atoms with E-state index in [1.54, 1.807) is 44.4 Å². The fourth-order valence-corrected chi connectivity index (χ4v) is 2.04. The average Bonchev–Trinajstić information content (AvgIpc) is 2.67. The molecule has 8 heteroatoms. The minimum atomic E-state index is -0.524. The maximum Gasteiger partial charge on any atom is 0.277 e. The first kappa shape index (κ1) is 19.9. The second kappa shape index (κ2) is 9.91. The molecule has 2 aromatic rings. The number of nitrogens with zero attached hydrogens (tertiary/aromatic N) is 1. The molecule has 0 aromatic heterocycles. The summed E-state index contributed by atoms with van der Waals surface area (Å²) in [4.78, 5) is 23.6. The Morgan fingerprint density at radius 1 is 1.04 bits per heavy atom. The maximum absolute atomic E-state index is 13.5. The van der Waals surface area contributed by atoms with Gasteiger partial charge in [-0.3, -0.25) is 9.59 Å². The summed E-state index contributed by atoms with van der Waals surface area (Å²) in [6.07, 6.45) is -0.0893. The molecule has 0 aliphatic heterocycles. The molecule has 0 radical (unpaired) electrons. The van der Waals surface area contributed by atoms with E-state index in [9.17, 15) is 14.0 Å². The maximum atomic E-state index is 13.5. The van der Waals surface area contributed by atoms with Crippen molar-refractivity contribution in [1.29, 1.82) is 0 Å². The quantitative estimate of drug-likeness (QED) is 0.550. The molecule has 0 spiro atoms. The minimum absolute atomic E-state index is 0.0893. The fourth-order valence-electron chi connectivity index (χ4n) is 2.04. The van der Waals surface area contributed by atoms with Crippen LogP contribution >= 0.6 is 0 Å². The summed E-state index contributed by atoms with van der Waals surface area (Å²) in [5.74, 6) is -0.245. The lowest BCUT2D eigenvalue weighted by Crippen LogP contribution is -2.26. The van der Waals surface area contributed by atoms with Crippen LogP contribution in [0, 0.1) is 5.82 Å². The number of methoxy groups -OCH3 is 1. The summed E-state index contributed by atoms with van der Waals surface area (Å²) in [5, 5.41) is 6.27. The van der Waals surface area contributed by atoms with Crippen molar-refractivity contribution < 1.29 is 23.5 Å². The zero-order valence-corrected chi connectivity index (χ0v) is 15.0. The van der Waals surface area contributed by atoms with Gasteiger partial charge in [-0.1, -0.05) is 12.1 Å². The van der Waals surface area contributed by atoms with Crippen LogP contribution in [0.2, 0.25) is 0 Å². The number of anilines is 1. The van der Waals surface area contributed by atoms with Gasteiger partial charge in [-0.2, -0.15) is 5.10 Å². The number of hydrogen-bond acceptors (Lipinski definition) is 5.